The lowest BCUT2D eigenvalue weighted by atomic mass is 9.82. The topological polar surface area (TPSA) is 51.2 Å². The van der Waals surface area contributed by atoms with E-state index in [4.69, 9.17) is 0 Å². The minimum Gasteiger partial charge on any atom is -0.406 e. The highest BCUT2D eigenvalue weighted by Crippen LogP contribution is 2.35. The van der Waals surface area contributed by atoms with Gasteiger partial charge in [-0.3, -0.25) is 9.78 Å². The van der Waals surface area contributed by atoms with Crippen LogP contribution < -0.4 is 10.1 Å². The normalized spacial score (nSPS) is 16.8. The first-order valence-corrected chi connectivity index (χ1v) is 7.98. The first kappa shape index (κ1) is 17.3. The number of carbonyl (C=O) groups excluding carboxylic acids is 1. The Bertz CT molecular complexity index is 762. The van der Waals surface area contributed by atoms with E-state index in [1.165, 1.54) is 12.1 Å². The van der Waals surface area contributed by atoms with Crippen molar-refractivity contribution < 1.29 is 22.7 Å². The van der Waals surface area contributed by atoms with Crippen LogP contribution in [-0.4, -0.2) is 24.2 Å². The molecule has 25 heavy (non-hydrogen) atoms. The van der Waals surface area contributed by atoms with Crippen LogP contribution in [0.1, 0.15) is 40.2 Å². The number of aryl methyl sites for hydroxylation is 1. The first-order valence-electron chi connectivity index (χ1n) is 7.98. The smallest absolute Gasteiger partial charge is 0.406 e. The highest BCUT2D eigenvalue weighted by atomic mass is 19.4. The highest BCUT2D eigenvalue weighted by Gasteiger charge is 2.31. The first-order chi connectivity index (χ1) is 12.0. The fourth-order valence-corrected chi connectivity index (χ4v) is 3.19. The molecule has 1 N–H and O–H groups in total. The van der Waals surface area contributed by atoms with Gasteiger partial charge in [-0.1, -0.05) is 6.07 Å². The van der Waals surface area contributed by atoms with Crippen molar-refractivity contribution in [1.82, 2.24) is 4.98 Å². The number of halogens is 3. The molecule has 0 spiro atoms. The molecule has 0 radical (unpaired) electrons. The molecule has 1 unspecified atom stereocenters. The second kappa shape index (κ2) is 7.13. The van der Waals surface area contributed by atoms with E-state index in [0.717, 1.165) is 36.7 Å². The molecule has 0 amide bonds. The summed E-state index contributed by atoms with van der Waals surface area (Å²) in [5.41, 5.74) is 3.08. The van der Waals surface area contributed by atoms with Gasteiger partial charge in [-0.15, -0.1) is 13.2 Å². The number of hydrogen-bond acceptors (Lipinski definition) is 4. The van der Waals surface area contributed by atoms with Gasteiger partial charge in [-0.2, -0.15) is 0 Å². The van der Waals surface area contributed by atoms with Crippen LogP contribution in [0.15, 0.2) is 36.7 Å². The van der Waals surface area contributed by atoms with Gasteiger partial charge >= 0.3 is 6.36 Å². The maximum absolute atomic E-state index is 12.4. The number of carbonyl (C=O) groups is 1. The van der Waals surface area contributed by atoms with Gasteiger partial charge in [0.15, 0.2) is 6.29 Å². The Morgan fingerprint density at radius 3 is 2.92 bits per heavy atom. The number of alkyl halides is 3. The summed E-state index contributed by atoms with van der Waals surface area (Å²) in [6.45, 7) is 0.582. The molecule has 0 saturated heterocycles. The molecule has 1 aliphatic rings. The third kappa shape index (κ3) is 4.29. The van der Waals surface area contributed by atoms with Crippen LogP contribution in [0.5, 0.6) is 5.75 Å². The average molecular weight is 350 g/mol. The summed E-state index contributed by atoms with van der Waals surface area (Å²) in [6.07, 6.45) is 1.77. The average Bonchev–Trinajstić information content (AvgIpc) is 2.58. The van der Waals surface area contributed by atoms with E-state index in [1.54, 1.807) is 24.5 Å². The molecule has 7 heteroatoms. The van der Waals surface area contributed by atoms with Gasteiger partial charge in [0.1, 0.15) is 5.75 Å². The molecule has 1 aliphatic carbocycles. The lowest BCUT2D eigenvalue weighted by Crippen LogP contribution is -2.20. The number of rotatable bonds is 5. The Labute approximate surface area is 143 Å². The predicted molar refractivity (Wildman–Crippen MR) is 86.9 cm³/mol. The monoisotopic (exact) mass is 350 g/mol. The summed E-state index contributed by atoms with van der Waals surface area (Å²) >= 11 is 0. The molecule has 4 nitrogen and oxygen atoms in total. The van der Waals surface area contributed by atoms with Crippen LogP contribution in [0.4, 0.5) is 18.9 Å². The molecule has 0 fully saturated rings. The van der Waals surface area contributed by atoms with E-state index in [2.05, 4.69) is 15.0 Å². The van der Waals surface area contributed by atoms with Gasteiger partial charge in [0.05, 0.1) is 11.9 Å². The van der Waals surface area contributed by atoms with E-state index in [1.807, 2.05) is 0 Å². The lowest BCUT2D eigenvalue weighted by molar-refractivity contribution is -0.274. The number of anilines is 1. The molecular weight excluding hydrogens is 333 g/mol. The van der Waals surface area contributed by atoms with E-state index < -0.39 is 6.36 Å². The molecule has 3 rings (SSSR count). The lowest BCUT2D eigenvalue weighted by Gasteiger charge is -2.27. The molecular formula is C18H17F3N2O2. The number of ether oxygens (including phenoxy) is 1. The number of nitrogens with zero attached hydrogens (tertiary/aromatic N) is 1. The van der Waals surface area contributed by atoms with E-state index in [0.29, 0.717) is 17.8 Å². The Kier molecular flexibility index (Phi) is 4.92. The van der Waals surface area contributed by atoms with E-state index in [9.17, 15) is 18.0 Å². The van der Waals surface area contributed by atoms with Crippen molar-refractivity contribution in [3.8, 4) is 5.75 Å². The quantitative estimate of drug-likeness (QED) is 0.816. The molecule has 1 atom stereocenters. The van der Waals surface area contributed by atoms with Crippen molar-refractivity contribution >= 4 is 12.0 Å². The van der Waals surface area contributed by atoms with Crippen LogP contribution in [-0.2, 0) is 6.42 Å². The van der Waals surface area contributed by atoms with Crippen molar-refractivity contribution in [3.05, 3.63) is 53.3 Å². The summed E-state index contributed by atoms with van der Waals surface area (Å²) in [7, 11) is 0. The molecule has 1 aromatic carbocycles. The number of aldehydes is 1. The second-order valence-electron chi connectivity index (χ2n) is 5.96. The van der Waals surface area contributed by atoms with Crippen LogP contribution in [0.2, 0.25) is 0 Å². The van der Waals surface area contributed by atoms with Crippen LogP contribution in [0.25, 0.3) is 0 Å². The van der Waals surface area contributed by atoms with Crippen LogP contribution in [0, 0.1) is 0 Å². The van der Waals surface area contributed by atoms with Crippen molar-refractivity contribution in [2.45, 2.75) is 31.5 Å². The Morgan fingerprint density at radius 2 is 2.16 bits per heavy atom. The van der Waals surface area contributed by atoms with Crippen LogP contribution in [0.3, 0.4) is 0 Å². The molecule has 2 aromatic rings. The zero-order chi connectivity index (χ0) is 17.9. The fourth-order valence-electron chi connectivity index (χ4n) is 3.19. The van der Waals surface area contributed by atoms with Crippen molar-refractivity contribution in [2.24, 2.45) is 0 Å². The van der Waals surface area contributed by atoms with Crippen LogP contribution >= 0.6 is 0 Å². The largest absolute Gasteiger partial charge is 0.573 e. The summed E-state index contributed by atoms with van der Waals surface area (Å²) in [5.74, 6) is -0.0289. The highest BCUT2D eigenvalue weighted by molar-refractivity contribution is 5.83. The van der Waals surface area contributed by atoms with Crippen molar-refractivity contribution in [1.29, 1.82) is 0 Å². The number of hydrogen-bond donors (Lipinski definition) is 1. The van der Waals surface area contributed by atoms with Crippen molar-refractivity contribution in [3.63, 3.8) is 0 Å². The number of pyridine rings is 1. The zero-order valence-electron chi connectivity index (χ0n) is 13.3. The number of benzene rings is 1. The second-order valence-corrected chi connectivity index (χ2v) is 5.96. The molecule has 0 saturated carbocycles. The third-order valence-electron chi connectivity index (χ3n) is 4.31. The number of fused-ring (bicyclic) bond motifs is 1. The number of nitrogens with one attached hydrogen (secondary N) is 1. The SMILES string of the molecule is O=Cc1ccncc1NCC1CCCc2cc(OC(F)(F)F)ccc21. The maximum Gasteiger partial charge on any atom is 0.573 e. The number of aromatic nitrogens is 1. The summed E-state index contributed by atoms with van der Waals surface area (Å²) in [5, 5.41) is 3.22. The Hall–Kier alpha value is -2.57. The third-order valence-corrected chi connectivity index (χ3v) is 4.31. The molecule has 1 heterocycles. The standard InChI is InChI=1S/C18H17F3N2O2/c19-18(20,21)25-15-4-5-16-12(8-15)2-1-3-13(16)9-23-17-10-22-7-6-14(17)11-24/h4-8,10-11,13,23H,1-3,9H2. The minimum absolute atomic E-state index is 0.156. The maximum atomic E-state index is 12.4. The zero-order valence-corrected chi connectivity index (χ0v) is 13.3. The van der Waals surface area contributed by atoms with Gasteiger partial charge < -0.3 is 10.1 Å². The van der Waals surface area contributed by atoms with Crippen molar-refractivity contribution in [2.75, 3.05) is 11.9 Å². The molecule has 132 valence electrons. The van der Waals surface area contributed by atoms with Gasteiger partial charge in [0.2, 0.25) is 0 Å². The fraction of sp³-hybridized carbons (Fsp3) is 0.333. The summed E-state index contributed by atoms with van der Waals surface area (Å²) < 4.78 is 41.1. The predicted octanol–water partition coefficient (Wildman–Crippen LogP) is 4.32. The molecule has 1 aromatic heterocycles. The van der Waals surface area contributed by atoms with Gasteiger partial charge in [0, 0.05) is 24.2 Å². The van der Waals surface area contributed by atoms with Gasteiger partial charge in [-0.25, -0.2) is 0 Å². The Morgan fingerprint density at radius 1 is 1.32 bits per heavy atom. The van der Waals surface area contributed by atoms with E-state index >= 15 is 0 Å². The molecule has 0 bridgehead atoms. The minimum atomic E-state index is -4.69. The van der Waals surface area contributed by atoms with Gasteiger partial charge in [-0.05, 0) is 48.6 Å². The van der Waals surface area contributed by atoms with E-state index in [-0.39, 0.29) is 11.7 Å². The van der Waals surface area contributed by atoms with Gasteiger partial charge in [0.25, 0.3) is 0 Å². The summed E-state index contributed by atoms with van der Waals surface area (Å²) in [6, 6.07) is 6.15. The summed E-state index contributed by atoms with van der Waals surface area (Å²) in [4.78, 5) is 15.1. The molecule has 0 aliphatic heterocycles. The Balaban J connectivity index is 1.74.